The van der Waals surface area contributed by atoms with Crippen molar-refractivity contribution in [1.82, 2.24) is 5.32 Å². The SMILES string of the molecule is CCNc1c(NC(=O)NCCC(C)C)c(=O)oc2ccccc12. The van der Waals surface area contributed by atoms with Crippen LogP contribution >= 0.6 is 0 Å². The van der Waals surface area contributed by atoms with Gasteiger partial charge in [0, 0.05) is 18.5 Å². The number of para-hydroxylation sites is 1. The zero-order valence-electron chi connectivity index (χ0n) is 13.7. The summed E-state index contributed by atoms with van der Waals surface area (Å²) in [5.74, 6) is 0.498. The number of hydrogen-bond acceptors (Lipinski definition) is 4. The van der Waals surface area contributed by atoms with Gasteiger partial charge in [-0.1, -0.05) is 26.0 Å². The number of hydrogen-bond donors (Lipinski definition) is 3. The summed E-state index contributed by atoms with van der Waals surface area (Å²) in [5.41, 5.74) is 0.629. The maximum atomic E-state index is 12.2. The third-order valence-electron chi connectivity index (χ3n) is 3.41. The summed E-state index contributed by atoms with van der Waals surface area (Å²) in [7, 11) is 0. The molecule has 0 saturated carbocycles. The lowest BCUT2D eigenvalue weighted by molar-refractivity contribution is 0.251. The van der Waals surface area contributed by atoms with Gasteiger partial charge in [0.1, 0.15) is 5.58 Å². The second kappa shape index (κ2) is 7.67. The van der Waals surface area contributed by atoms with Crippen molar-refractivity contribution >= 4 is 28.4 Å². The van der Waals surface area contributed by atoms with E-state index in [-0.39, 0.29) is 5.69 Å². The van der Waals surface area contributed by atoms with Crippen LogP contribution in [-0.2, 0) is 0 Å². The van der Waals surface area contributed by atoms with Gasteiger partial charge in [0.15, 0.2) is 5.69 Å². The van der Waals surface area contributed by atoms with Gasteiger partial charge in [-0.3, -0.25) is 5.32 Å². The number of urea groups is 1. The highest BCUT2D eigenvalue weighted by atomic mass is 16.4. The van der Waals surface area contributed by atoms with Crippen LogP contribution < -0.4 is 21.6 Å². The molecule has 0 saturated heterocycles. The van der Waals surface area contributed by atoms with Gasteiger partial charge in [-0.15, -0.1) is 0 Å². The smallest absolute Gasteiger partial charge is 0.362 e. The first kappa shape index (κ1) is 16.9. The number of carbonyl (C=O) groups is 1. The summed E-state index contributed by atoms with van der Waals surface area (Å²) >= 11 is 0. The quantitative estimate of drug-likeness (QED) is 0.713. The minimum Gasteiger partial charge on any atom is -0.421 e. The normalized spacial score (nSPS) is 10.8. The van der Waals surface area contributed by atoms with Crippen LogP contribution in [-0.4, -0.2) is 19.1 Å². The topological polar surface area (TPSA) is 83.4 Å². The first-order valence-electron chi connectivity index (χ1n) is 7.87. The maximum absolute atomic E-state index is 12.2. The van der Waals surface area contributed by atoms with E-state index in [9.17, 15) is 9.59 Å². The molecule has 6 nitrogen and oxygen atoms in total. The van der Waals surface area contributed by atoms with E-state index in [0.29, 0.717) is 30.3 Å². The Morgan fingerprint density at radius 3 is 2.65 bits per heavy atom. The summed E-state index contributed by atoms with van der Waals surface area (Å²) in [6, 6.07) is 6.82. The highest BCUT2D eigenvalue weighted by Crippen LogP contribution is 2.28. The highest BCUT2D eigenvalue weighted by molar-refractivity contribution is 6.01. The van der Waals surface area contributed by atoms with Crippen molar-refractivity contribution < 1.29 is 9.21 Å². The van der Waals surface area contributed by atoms with Gasteiger partial charge in [0.25, 0.3) is 0 Å². The Kier molecular flexibility index (Phi) is 5.62. The van der Waals surface area contributed by atoms with Crippen molar-refractivity contribution in [3.05, 3.63) is 34.7 Å². The van der Waals surface area contributed by atoms with Crippen LogP contribution in [0.15, 0.2) is 33.5 Å². The Morgan fingerprint density at radius 2 is 1.96 bits per heavy atom. The van der Waals surface area contributed by atoms with Crippen LogP contribution in [0.2, 0.25) is 0 Å². The fourth-order valence-corrected chi connectivity index (χ4v) is 2.26. The van der Waals surface area contributed by atoms with Crippen LogP contribution in [0.1, 0.15) is 27.2 Å². The molecule has 23 heavy (non-hydrogen) atoms. The molecule has 2 aromatic rings. The molecule has 0 bridgehead atoms. The van der Waals surface area contributed by atoms with Crippen LogP contribution in [0, 0.1) is 5.92 Å². The molecule has 0 spiro atoms. The molecule has 0 aliphatic heterocycles. The Hall–Kier alpha value is -2.50. The van der Waals surface area contributed by atoms with Crippen molar-refractivity contribution in [2.45, 2.75) is 27.2 Å². The average Bonchev–Trinajstić information content (AvgIpc) is 2.50. The fourth-order valence-electron chi connectivity index (χ4n) is 2.26. The number of rotatable bonds is 6. The van der Waals surface area contributed by atoms with Crippen molar-refractivity contribution in [3.8, 4) is 0 Å². The lowest BCUT2D eigenvalue weighted by atomic mass is 10.1. The highest BCUT2D eigenvalue weighted by Gasteiger charge is 2.16. The molecule has 1 heterocycles. The van der Waals surface area contributed by atoms with E-state index in [1.54, 1.807) is 12.1 Å². The summed E-state index contributed by atoms with van der Waals surface area (Å²) in [5, 5.41) is 9.25. The van der Waals surface area contributed by atoms with E-state index in [0.717, 1.165) is 11.8 Å². The van der Waals surface area contributed by atoms with Crippen molar-refractivity contribution in [3.63, 3.8) is 0 Å². The average molecular weight is 317 g/mol. The van der Waals surface area contributed by atoms with Gasteiger partial charge in [-0.2, -0.15) is 0 Å². The van der Waals surface area contributed by atoms with Crippen molar-refractivity contribution in [2.75, 3.05) is 23.7 Å². The maximum Gasteiger partial charge on any atom is 0.362 e. The summed E-state index contributed by atoms with van der Waals surface area (Å²) in [6.07, 6.45) is 0.875. The number of benzene rings is 1. The van der Waals surface area contributed by atoms with Gasteiger partial charge >= 0.3 is 11.7 Å². The zero-order valence-corrected chi connectivity index (χ0v) is 13.7. The van der Waals surface area contributed by atoms with Gasteiger partial charge in [0.05, 0.1) is 5.69 Å². The first-order valence-corrected chi connectivity index (χ1v) is 7.87. The molecular formula is C17H23N3O3. The zero-order chi connectivity index (χ0) is 16.8. The van der Waals surface area contributed by atoms with Gasteiger partial charge < -0.3 is 15.1 Å². The van der Waals surface area contributed by atoms with E-state index in [1.807, 2.05) is 19.1 Å². The molecule has 0 aliphatic carbocycles. The summed E-state index contributed by atoms with van der Waals surface area (Å²) < 4.78 is 5.29. The molecule has 2 amide bonds. The molecule has 2 rings (SSSR count). The van der Waals surface area contributed by atoms with Crippen LogP contribution in [0.25, 0.3) is 11.0 Å². The summed E-state index contributed by atoms with van der Waals surface area (Å²) in [4.78, 5) is 24.2. The second-order valence-electron chi connectivity index (χ2n) is 5.73. The number of nitrogens with one attached hydrogen (secondary N) is 3. The van der Waals surface area contributed by atoms with Crippen LogP contribution in [0.3, 0.4) is 0 Å². The molecule has 0 atom stereocenters. The molecular weight excluding hydrogens is 294 g/mol. The molecule has 1 aromatic carbocycles. The third-order valence-corrected chi connectivity index (χ3v) is 3.41. The van der Waals surface area contributed by atoms with Crippen LogP contribution in [0.5, 0.6) is 0 Å². The van der Waals surface area contributed by atoms with E-state index in [2.05, 4.69) is 29.8 Å². The number of carbonyl (C=O) groups excluding carboxylic acids is 1. The molecule has 0 radical (unpaired) electrons. The molecule has 3 N–H and O–H groups in total. The molecule has 0 fully saturated rings. The molecule has 6 heteroatoms. The largest absolute Gasteiger partial charge is 0.421 e. The standard InChI is InChI=1S/C17H23N3O3/c1-4-18-14-12-7-5-6-8-13(12)23-16(21)15(14)20-17(22)19-10-9-11(2)3/h5-8,11,18H,4,9-10H2,1-3H3,(H2,19,20,22). The fraction of sp³-hybridized carbons (Fsp3) is 0.412. The van der Waals surface area contributed by atoms with Crippen molar-refractivity contribution in [2.24, 2.45) is 5.92 Å². The Labute approximate surface area is 135 Å². The lowest BCUT2D eigenvalue weighted by Gasteiger charge is -2.14. The predicted molar refractivity (Wildman–Crippen MR) is 93.1 cm³/mol. The lowest BCUT2D eigenvalue weighted by Crippen LogP contribution is -2.32. The second-order valence-corrected chi connectivity index (χ2v) is 5.73. The minimum absolute atomic E-state index is 0.132. The Bertz CT molecular complexity index is 737. The number of anilines is 2. The molecule has 1 aromatic heterocycles. The van der Waals surface area contributed by atoms with Gasteiger partial charge in [-0.05, 0) is 31.4 Å². The van der Waals surface area contributed by atoms with Crippen LogP contribution in [0.4, 0.5) is 16.2 Å². The molecule has 0 aliphatic rings. The molecule has 124 valence electrons. The van der Waals surface area contributed by atoms with Gasteiger partial charge in [0.2, 0.25) is 0 Å². The van der Waals surface area contributed by atoms with E-state index >= 15 is 0 Å². The van der Waals surface area contributed by atoms with E-state index < -0.39 is 11.7 Å². The van der Waals surface area contributed by atoms with E-state index in [4.69, 9.17) is 4.42 Å². The number of amides is 2. The third kappa shape index (κ3) is 4.25. The number of fused-ring (bicyclic) bond motifs is 1. The Morgan fingerprint density at radius 1 is 1.22 bits per heavy atom. The minimum atomic E-state index is -0.571. The predicted octanol–water partition coefficient (Wildman–Crippen LogP) is 3.39. The van der Waals surface area contributed by atoms with Gasteiger partial charge in [-0.25, -0.2) is 9.59 Å². The monoisotopic (exact) mass is 317 g/mol. The van der Waals surface area contributed by atoms with E-state index in [1.165, 1.54) is 0 Å². The Balaban J connectivity index is 2.28. The molecule has 0 unspecified atom stereocenters. The summed E-state index contributed by atoms with van der Waals surface area (Å²) in [6.45, 7) is 7.27. The van der Waals surface area contributed by atoms with Crippen molar-refractivity contribution in [1.29, 1.82) is 0 Å². The first-order chi connectivity index (χ1) is 11.0.